The van der Waals surface area contributed by atoms with Gasteiger partial charge in [-0.15, -0.1) is 0 Å². The molecule has 7 nitrogen and oxygen atoms in total. The smallest absolute Gasteiger partial charge is 0.330 e. The predicted molar refractivity (Wildman–Crippen MR) is 116 cm³/mol. The van der Waals surface area contributed by atoms with Gasteiger partial charge >= 0.3 is 11.9 Å². The Bertz CT molecular complexity index is 761. The molecule has 0 unspecified atom stereocenters. The van der Waals surface area contributed by atoms with Gasteiger partial charge in [0.25, 0.3) is 0 Å². The zero-order chi connectivity index (χ0) is 22.2. The zero-order valence-corrected chi connectivity index (χ0v) is 18.1. The molecule has 1 aromatic carbocycles. The van der Waals surface area contributed by atoms with Gasteiger partial charge in [-0.25, -0.2) is 4.79 Å². The molecule has 0 N–H and O–H groups in total. The quantitative estimate of drug-likeness (QED) is 0.182. The minimum atomic E-state index is -0.593. The van der Waals surface area contributed by atoms with Crippen molar-refractivity contribution >= 4 is 52.0 Å². The van der Waals surface area contributed by atoms with Crippen molar-refractivity contribution < 1.29 is 33.4 Å². The maximum absolute atomic E-state index is 12.0. The van der Waals surface area contributed by atoms with E-state index in [1.165, 1.54) is 11.8 Å². The first kappa shape index (κ1) is 25.6. The van der Waals surface area contributed by atoms with E-state index in [9.17, 15) is 24.0 Å². The highest BCUT2D eigenvalue weighted by Gasteiger charge is 2.10. The second kappa shape index (κ2) is 15.4. The molecule has 1 aromatic rings. The second-order valence-corrected chi connectivity index (χ2v) is 8.00. The summed E-state index contributed by atoms with van der Waals surface area (Å²) in [5, 5.41) is -0.156. The van der Waals surface area contributed by atoms with Crippen LogP contribution in [-0.4, -0.2) is 41.7 Å². The summed E-state index contributed by atoms with van der Waals surface area (Å²) in [5.41, 5.74) is 1.91. The number of esters is 2. The predicted octanol–water partition coefficient (Wildman–Crippen LogP) is 3.24. The summed E-state index contributed by atoms with van der Waals surface area (Å²) in [6.07, 6.45) is 2.23. The third-order valence-corrected chi connectivity index (χ3v) is 5.56. The molecular weight excluding hydrogens is 428 g/mol. The van der Waals surface area contributed by atoms with Gasteiger partial charge in [-0.05, 0) is 11.1 Å². The molecule has 0 bridgehead atoms. The number of rotatable bonds is 14. The van der Waals surface area contributed by atoms with Gasteiger partial charge in [0.2, 0.25) is 0 Å². The van der Waals surface area contributed by atoms with Crippen LogP contribution in [0.3, 0.4) is 0 Å². The minimum absolute atomic E-state index is 0.0252. The van der Waals surface area contributed by atoms with Crippen molar-refractivity contribution in [3.8, 4) is 0 Å². The molecule has 0 amide bonds. The summed E-state index contributed by atoms with van der Waals surface area (Å²) in [6, 6.07) is 7.58. The van der Waals surface area contributed by atoms with Gasteiger partial charge in [-0.2, -0.15) is 0 Å². The minimum Gasteiger partial charge on any atom is -0.462 e. The number of thioether (sulfide) groups is 2. The molecule has 1 rings (SSSR count). The zero-order valence-electron chi connectivity index (χ0n) is 16.5. The van der Waals surface area contributed by atoms with Crippen LogP contribution in [-0.2, 0) is 45.0 Å². The molecule has 0 heterocycles. The molecule has 0 aliphatic heterocycles. The Kier molecular flexibility index (Phi) is 13.2. The van der Waals surface area contributed by atoms with Crippen LogP contribution >= 0.6 is 23.5 Å². The molecule has 0 atom stereocenters. The molecule has 0 fully saturated rings. The van der Waals surface area contributed by atoms with E-state index in [2.05, 4.69) is 11.3 Å². The van der Waals surface area contributed by atoms with Crippen molar-refractivity contribution in [1.82, 2.24) is 0 Å². The SMILES string of the molecule is C=CC(=O)OCCOC(=O)CCC(=O)SCc1cccc(CSC(=O)CCC=O)c1. The number of ether oxygens (including phenoxy) is 2. The van der Waals surface area contributed by atoms with Gasteiger partial charge in [0.05, 0.1) is 6.42 Å². The average molecular weight is 453 g/mol. The van der Waals surface area contributed by atoms with Crippen LogP contribution in [0.2, 0.25) is 0 Å². The fourth-order valence-electron chi connectivity index (χ4n) is 2.09. The summed E-state index contributed by atoms with van der Waals surface area (Å²) in [6.45, 7) is 3.12. The first-order valence-corrected chi connectivity index (χ1v) is 11.2. The maximum Gasteiger partial charge on any atom is 0.330 e. The van der Waals surface area contributed by atoms with Crippen molar-refractivity contribution in [3.63, 3.8) is 0 Å². The number of aldehydes is 1. The Hall–Kier alpha value is -2.39. The fourth-order valence-corrected chi connectivity index (χ4v) is 3.61. The molecule has 0 spiro atoms. The van der Waals surface area contributed by atoms with E-state index in [-0.39, 0.29) is 49.1 Å². The lowest BCUT2D eigenvalue weighted by molar-refractivity contribution is -0.150. The largest absolute Gasteiger partial charge is 0.462 e. The van der Waals surface area contributed by atoms with Gasteiger partial charge in [0.1, 0.15) is 19.5 Å². The summed E-state index contributed by atoms with van der Waals surface area (Å²) >= 11 is 2.28. The van der Waals surface area contributed by atoms with Crippen molar-refractivity contribution in [2.45, 2.75) is 37.2 Å². The highest BCUT2D eigenvalue weighted by atomic mass is 32.2. The van der Waals surface area contributed by atoms with Crippen molar-refractivity contribution in [2.75, 3.05) is 13.2 Å². The molecule has 0 saturated heterocycles. The molecule has 0 aromatic heterocycles. The molecule has 30 heavy (non-hydrogen) atoms. The number of hydrogen-bond acceptors (Lipinski definition) is 9. The van der Waals surface area contributed by atoms with Gasteiger partial charge in [-0.1, -0.05) is 54.4 Å². The maximum atomic E-state index is 12.0. The van der Waals surface area contributed by atoms with E-state index in [0.717, 1.165) is 35.3 Å². The Morgan fingerprint density at radius 1 is 0.900 bits per heavy atom. The topological polar surface area (TPSA) is 104 Å². The van der Waals surface area contributed by atoms with Crippen LogP contribution in [0.25, 0.3) is 0 Å². The summed E-state index contributed by atoms with van der Waals surface area (Å²) in [4.78, 5) is 56.3. The lowest BCUT2D eigenvalue weighted by Crippen LogP contribution is -2.13. The van der Waals surface area contributed by atoms with Crippen LogP contribution in [0, 0.1) is 0 Å². The molecule has 0 aliphatic carbocycles. The average Bonchev–Trinajstić information content (AvgIpc) is 2.76. The van der Waals surface area contributed by atoms with Crippen LogP contribution in [0.4, 0.5) is 0 Å². The Balaban J connectivity index is 2.26. The van der Waals surface area contributed by atoms with Gasteiger partial charge < -0.3 is 14.3 Å². The Morgan fingerprint density at radius 3 is 2.10 bits per heavy atom. The fraction of sp³-hybridized carbons (Fsp3) is 0.381. The first-order chi connectivity index (χ1) is 14.4. The molecule has 0 saturated carbocycles. The molecular formula is C21H24O7S2. The first-order valence-electron chi connectivity index (χ1n) is 9.22. The van der Waals surface area contributed by atoms with E-state index in [0.29, 0.717) is 11.5 Å². The third-order valence-electron chi connectivity index (χ3n) is 3.55. The summed E-state index contributed by atoms with van der Waals surface area (Å²) < 4.78 is 9.55. The van der Waals surface area contributed by atoms with Crippen LogP contribution in [0.15, 0.2) is 36.9 Å². The van der Waals surface area contributed by atoms with Crippen LogP contribution in [0.1, 0.15) is 36.8 Å². The van der Waals surface area contributed by atoms with Crippen LogP contribution < -0.4 is 0 Å². The van der Waals surface area contributed by atoms with Crippen molar-refractivity contribution in [1.29, 1.82) is 0 Å². The normalized spacial score (nSPS) is 10.1. The number of carbonyl (C=O) groups excluding carboxylic acids is 5. The Morgan fingerprint density at radius 2 is 1.50 bits per heavy atom. The highest BCUT2D eigenvalue weighted by molar-refractivity contribution is 8.13. The van der Waals surface area contributed by atoms with Crippen molar-refractivity contribution in [2.24, 2.45) is 0 Å². The standard InChI is InChI=1S/C21H24O7S2/c1-2-18(23)27-11-12-28-19(24)8-9-21(26)30-15-17-6-3-5-16(13-17)14-29-20(25)7-4-10-22/h2-3,5-6,10,13H,1,4,7-9,11-12,14-15H2. The molecule has 9 heteroatoms. The molecule has 0 aliphatic rings. The number of hydrogen-bond donors (Lipinski definition) is 0. The van der Waals surface area contributed by atoms with E-state index in [4.69, 9.17) is 4.74 Å². The summed E-state index contributed by atoms with van der Waals surface area (Å²) in [5.74, 6) is -0.150. The lowest BCUT2D eigenvalue weighted by atomic mass is 10.2. The van der Waals surface area contributed by atoms with E-state index in [1.807, 2.05) is 24.3 Å². The van der Waals surface area contributed by atoms with E-state index < -0.39 is 11.9 Å². The highest BCUT2D eigenvalue weighted by Crippen LogP contribution is 2.20. The monoisotopic (exact) mass is 452 g/mol. The number of carbonyl (C=O) groups is 5. The summed E-state index contributed by atoms with van der Waals surface area (Å²) in [7, 11) is 0. The molecule has 0 radical (unpaired) electrons. The van der Waals surface area contributed by atoms with Gasteiger partial charge in [0.15, 0.2) is 10.2 Å². The Labute approximate surface area is 183 Å². The van der Waals surface area contributed by atoms with E-state index in [1.54, 1.807) is 0 Å². The third kappa shape index (κ3) is 12.2. The van der Waals surface area contributed by atoms with Crippen molar-refractivity contribution in [3.05, 3.63) is 48.0 Å². The molecule has 162 valence electrons. The van der Waals surface area contributed by atoms with Gasteiger partial charge in [-0.3, -0.25) is 14.4 Å². The second-order valence-electron chi connectivity index (χ2n) is 5.94. The number of benzene rings is 1. The van der Waals surface area contributed by atoms with Crippen LogP contribution in [0.5, 0.6) is 0 Å². The lowest BCUT2D eigenvalue weighted by Gasteiger charge is -2.06. The van der Waals surface area contributed by atoms with Gasteiger partial charge in [0, 0.05) is 36.8 Å². The van der Waals surface area contributed by atoms with E-state index >= 15 is 0 Å².